The van der Waals surface area contributed by atoms with Crippen molar-refractivity contribution in [1.29, 1.82) is 0 Å². The van der Waals surface area contributed by atoms with Crippen LogP contribution < -0.4 is 5.32 Å². The van der Waals surface area contributed by atoms with Crippen molar-refractivity contribution in [2.24, 2.45) is 0 Å². The second kappa shape index (κ2) is 35.0. The Labute approximate surface area is 274 Å². The first-order valence-corrected chi connectivity index (χ1v) is 19.5. The van der Waals surface area contributed by atoms with Gasteiger partial charge in [0.15, 0.2) is 0 Å². The average Bonchev–Trinajstić information content (AvgIpc) is 3.03. The first-order valence-electron chi connectivity index (χ1n) is 19.5. The molecule has 0 heterocycles. The van der Waals surface area contributed by atoms with Gasteiger partial charge < -0.3 is 20.6 Å². The van der Waals surface area contributed by atoms with Gasteiger partial charge in [-0.1, -0.05) is 174 Å². The summed E-state index contributed by atoms with van der Waals surface area (Å²) in [6, 6.07) is -0.819. The Morgan fingerprint density at radius 3 is 1.32 bits per heavy atom. The van der Waals surface area contributed by atoms with Crippen LogP contribution in [0.4, 0.5) is 0 Å². The van der Waals surface area contributed by atoms with Crippen LogP contribution in [0.15, 0.2) is 12.2 Å². The Kier molecular flexibility index (Phi) is 34.2. The van der Waals surface area contributed by atoms with Crippen LogP contribution in [0.3, 0.4) is 0 Å². The fourth-order valence-corrected chi connectivity index (χ4v) is 6.04. The van der Waals surface area contributed by atoms with E-state index in [0.717, 1.165) is 38.5 Å². The third kappa shape index (κ3) is 29.8. The summed E-state index contributed by atoms with van der Waals surface area (Å²) in [5, 5.41) is 33.4. The number of aliphatic hydroxyl groups is 3. The minimum atomic E-state index is -1.15. The molecule has 0 saturated carbocycles. The number of unbranched alkanes of at least 4 members (excludes halogenated alkanes) is 25. The molecule has 0 fully saturated rings. The Bertz CT molecular complexity index is 611. The minimum absolute atomic E-state index is 0.154. The quantitative estimate of drug-likeness (QED) is 0.0418. The van der Waals surface area contributed by atoms with Gasteiger partial charge in [-0.3, -0.25) is 4.79 Å². The second-order valence-electron chi connectivity index (χ2n) is 13.5. The first kappa shape index (κ1) is 43.1. The van der Waals surface area contributed by atoms with Gasteiger partial charge >= 0.3 is 0 Å². The lowest BCUT2D eigenvalue weighted by Gasteiger charge is -2.26. The van der Waals surface area contributed by atoms with E-state index in [0.29, 0.717) is 12.8 Å². The van der Waals surface area contributed by atoms with Gasteiger partial charge in [-0.25, -0.2) is 0 Å². The number of hydrogen-bond donors (Lipinski definition) is 4. The molecule has 0 aliphatic heterocycles. The fourth-order valence-electron chi connectivity index (χ4n) is 6.04. The van der Waals surface area contributed by atoms with E-state index in [-0.39, 0.29) is 12.5 Å². The number of carbonyl (C=O) groups excluding carboxylic acids is 1. The van der Waals surface area contributed by atoms with Crippen molar-refractivity contribution >= 4 is 5.91 Å². The summed E-state index contributed by atoms with van der Waals surface area (Å²) in [4.78, 5) is 12.3. The van der Waals surface area contributed by atoms with Crippen LogP contribution in [-0.4, -0.2) is 46.1 Å². The highest BCUT2D eigenvalue weighted by atomic mass is 16.3. The molecule has 0 aromatic carbocycles. The van der Waals surface area contributed by atoms with E-state index in [9.17, 15) is 20.1 Å². The van der Waals surface area contributed by atoms with Gasteiger partial charge in [-0.2, -0.15) is 0 Å². The van der Waals surface area contributed by atoms with Gasteiger partial charge in [0.2, 0.25) is 5.91 Å². The molecule has 4 N–H and O–H groups in total. The highest BCUT2D eigenvalue weighted by Gasteiger charge is 2.26. The number of hydrogen-bond acceptors (Lipinski definition) is 4. The highest BCUT2D eigenvalue weighted by Crippen LogP contribution is 2.15. The zero-order valence-electron chi connectivity index (χ0n) is 29.6. The molecule has 1 amide bonds. The number of carbonyl (C=O) groups is 1. The van der Waals surface area contributed by atoms with Crippen molar-refractivity contribution in [1.82, 2.24) is 5.32 Å². The van der Waals surface area contributed by atoms with E-state index in [1.165, 1.54) is 141 Å². The highest BCUT2D eigenvalue weighted by molar-refractivity contribution is 5.76. The van der Waals surface area contributed by atoms with Crippen LogP contribution in [-0.2, 0) is 4.79 Å². The van der Waals surface area contributed by atoms with Crippen LogP contribution in [0, 0.1) is 0 Å². The average molecular weight is 624 g/mol. The minimum Gasteiger partial charge on any atom is -0.394 e. The maximum atomic E-state index is 12.3. The van der Waals surface area contributed by atoms with E-state index < -0.39 is 18.2 Å². The van der Waals surface area contributed by atoms with Gasteiger partial charge in [0, 0.05) is 6.42 Å². The van der Waals surface area contributed by atoms with Crippen LogP contribution >= 0.6 is 0 Å². The van der Waals surface area contributed by atoms with Crippen molar-refractivity contribution in [3.63, 3.8) is 0 Å². The van der Waals surface area contributed by atoms with Crippen LogP contribution in [0.25, 0.3) is 0 Å². The third-order valence-corrected chi connectivity index (χ3v) is 9.12. The molecule has 0 aliphatic rings. The smallest absolute Gasteiger partial charge is 0.220 e. The van der Waals surface area contributed by atoms with E-state index in [4.69, 9.17) is 0 Å². The summed E-state index contributed by atoms with van der Waals surface area (Å²) in [7, 11) is 0. The van der Waals surface area contributed by atoms with Crippen LogP contribution in [0.1, 0.15) is 206 Å². The predicted octanol–water partition coefficient (Wildman–Crippen LogP) is 10.5. The van der Waals surface area contributed by atoms with E-state index in [2.05, 4.69) is 31.3 Å². The molecule has 0 rings (SSSR count). The largest absolute Gasteiger partial charge is 0.394 e. The van der Waals surface area contributed by atoms with Gasteiger partial charge in [-0.15, -0.1) is 0 Å². The molecule has 0 spiro atoms. The molecule has 262 valence electrons. The van der Waals surface area contributed by atoms with Gasteiger partial charge in [-0.05, 0) is 38.5 Å². The molecule has 0 bridgehead atoms. The maximum Gasteiger partial charge on any atom is 0.220 e. The molecular weight excluding hydrogens is 546 g/mol. The van der Waals surface area contributed by atoms with Crippen molar-refractivity contribution in [2.45, 2.75) is 225 Å². The van der Waals surface area contributed by atoms with Crippen molar-refractivity contribution in [3.8, 4) is 0 Å². The molecule has 0 aliphatic carbocycles. The number of amides is 1. The normalized spacial score (nSPS) is 13.8. The second-order valence-corrected chi connectivity index (χ2v) is 13.5. The monoisotopic (exact) mass is 624 g/mol. The zero-order valence-corrected chi connectivity index (χ0v) is 29.6. The van der Waals surface area contributed by atoms with Gasteiger partial charge in [0.25, 0.3) is 0 Å². The van der Waals surface area contributed by atoms with Gasteiger partial charge in [0.1, 0.15) is 6.10 Å². The van der Waals surface area contributed by atoms with Crippen molar-refractivity contribution in [2.75, 3.05) is 6.61 Å². The topological polar surface area (TPSA) is 89.8 Å². The summed E-state index contributed by atoms with van der Waals surface area (Å²) in [5.74, 6) is -0.154. The van der Waals surface area contributed by atoms with E-state index >= 15 is 0 Å². The van der Waals surface area contributed by atoms with E-state index in [1.807, 2.05) is 0 Å². The van der Waals surface area contributed by atoms with Crippen molar-refractivity contribution in [3.05, 3.63) is 12.2 Å². The summed E-state index contributed by atoms with van der Waals surface area (Å²) in [5.41, 5.74) is 0. The Morgan fingerprint density at radius 1 is 0.545 bits per heavy atom. The number of rotatable bonds is 35. The standard InChI is InChI=1S/C39H77NO4/c1-3-5-7-9-11-13-15-17-18-19-20-22-23-25-27-29-31-33-37(42)39(44)36(35-41)40-38(43)34-32-30-28-26-24-21-16-14-12-10-8-6-4-2/h25,27,36-37,39,41-42,44H,3-24,26,28-35H2,1-2H3,(H,40,43)/b27-25+. The first-order chi connectivity index (χ1) is 21.6. The van der Waals surface area contributed by atoms with Crippen LogP contribution in [0.5, 0.6) is 0 Å². The molecule has 44 heavy (non-hydrogen) atoms. The Hall–Kier alpha value is -0.910. The molecule has 3 atom stereocenters. The summed E-state index contributed by atoms with van der Waals surface area (Å²) in [6.07, 6.45) is 38.8. The number of aliphatic hydroxyl groups excluding tert-OH is 3. The molecule has 5 nitrogen and oxygen atoms in total. The molecule has 5 heteroatoms. The SMILES string of the molecule is CCCCCCCCCCCCCC/C=C/CCCC(O)C(O)C(CO)NC(=O)CCCCCCCCCCCCCCC. The maximum absolute atomic E-state index is 12.3. The van der Waals surface area contributed by atoms with Gasteiger partial charge in [0.05, 0.1) is 18.8 Å². The summed E-state index contributed by atoms with van der Waals surface area (Å²) >= 11 is 0. The molecular formula is C39H77NO4. The number of nitrogens with one attached hydrogen (secondary N) is 1. The molecule has 0 radical (unpaired) electrons. The molecule has 0 aromatic heterocycles. The lowest BCUT2D eigenvalue weighted by Crippen LogP contribution is -2.50. The fraction of sp³-hybridized carbons (Fsp3) is 0.923. The lowest BCUT2D eigenvalue weighted by atomic mass is 10.0. The Morgan fingerprint density at radius 2 is 0.909 bits per heavy atom. The molecule has 3 unspecified atom stereocenters. The predicted molar refractivity (Wildman–Crippen MR) is 190 cm³/mol. The van der Waals surface area contributed by atoms with Crippen molar-refractivity contribution < 1.29 is 20.1 Å². The van der Waals surface area contributed by atoms with Crippen LogP contribution in [0.2, 0.25) is 0 Å². The zero-order chi connectivity index (χ0) is 32.4. The van der Waals surface area contributed by atoms with E-state index in [1.54, 1.807) is 0 Å². The summed E-state index contributed by atoms with van der Waals surface area (Å²) in [6.45, 7) is 4.16. The Balaban J connectivity index is 3.69. The lowest BCUT2D eigenvalue weighted by molar-refractivity contribution is -0.124. The number of allylic oxidation sites excluding steroid dienone is 2. The molecule has 0 saturated heterocycles. The summed E-state index contributed by atoms with van der Waals surface area (Å²) < 4.78 is 0. The molecule has 0 aromatic rings. The third-order valence-electron chi connectivity index (χ3n) is 9.12.